The Morgan fingerprint density at radius 3 is 3.00 bits per heavy atom. The van der Waals surface area contributed by atoms with Crippen molar-refractivity contribution in [1.82, 2.24) is 5.32 Å². The SMILES string of the molecule is O=C(Nc1cc(N2CCNC2=O)ccc1Cl)[C@H]1CCCO1. The lowest BCUT2D eigenvalue weighted by atomic mass is 10.2. The van der Waals surface area contributed by atoms with Gasteiger partial charge in [-0.25, -0.2) is 4.79 Å². The van der Waals surface area contributed by atoms with Crippen LogP contribution in [0.25, 0.3) is 0 Å². The Morgan fingerprint density at radius 1 is 1.48 bits per heavy atom. The molecule has 3 amide bonds. The van der Waals surface area contributed by atoms with Gasteiger partial charge in [0, 0.05) is 25.4 Å². The van der Waals surface area contributed by atoms with E-state index in [1.807, 2.05) is 0 Å². The minimum Gasteiger partial charge on any atom is -0.368 e. The molecule has 2 heterocycles. The van der Waals surface area contributed by atoms with E-state index < -0.39 is 6.10 Å². The summed E-state index contributed by atoms with van der Waals surface area (Å²) >= 11 is 6.12. The van der Waals surface area contributed by atoms with Gasteiger partial charge in [0.25, 0.3) is 5.91 Å². The van der Waals surface area contributed by atoms with Crippen molar-refractivity contribution in [2.75, 3.05) is 29.9 Å². The molecule has 2 N–H and O–H groups in total. The highest BCUT2D eigenvalue weighted by Crippen LogP contribution is 2.29. The van der Waals surface area contributed by atoms with Crippen LogP contribution in [0.4, 0.5) is 16.2 Å². The standard InChI is InChI=1S/C14H16ClN3O3/c15-10-4-3-9(18-6-5-16-14(18)20)8-11(10)17-13(19)12-2-1-7-21-12/h3-4,8,12H,1-2,5-7H2,(H,16,20)(H,17,19)/t12-/m1/s1. The Hall–Kier alpha value is -1.79. The van der Waals surface area contributed by atoms with Gasteiger partial charge in [0.2, 0.25) is 0 Å². The van der Waals surface area contributed by atoms with Crippen LogP contribution in [0, 0.1) is 0 Å². The van der Waals surface area contributed by atoms with Crippen molar-refractivity contribution in [1.29, 1.82) is 0 Å². The molecule has 6 nitrogen and oxygen atoms in total. The fourth-order valence-corrected chi connectivity index (χ4v) is 2.66. The molecule has 2 aliphatic rings. The second-order valence-corrected chi connectivity index (χ2v) is 5.45. The first kappa shape index (κ1) is 14.2. The Labute approximate surface area is 127 Å². The third-order valence-corrected chi connectivity index (χ3v) is 3.93. The van der Waals surface area contributed by atoms with Gasteiger partial charge in [-0.3, -0.25) is 9.69 Å². The molecule has 2 aliphatic heterocycles. The van der Waals surface area contributed by atoms with Crippen molar-refractivity contribution in [2.45, 2.75) is 18.9 Å². The van der Waals surface area contributed by atoms with Gasteiger partial charge in [-0.15, -0.1) is 0 Å². The zero-order chi connectivity index (χ0) is 14.8. The van der Waals surface area contributed by atoms with E-state index in [9.17, 15) is 9.59 Å². The highest BCUT2D eigenvalue weighted by Gasteiger charge is 2.25. The van der Waals surface area contributed by atoms with Gasteiger partial charge in [-0.1, -0.05) is 11.6 Å². The summed E-state index contributed by atoms with van der Waals surface area (Å²) in [4.78, 5) is 25.4. The number of halogens is 1. The Balaban J connectivity index is 1.77. The molecule has 2 fully saturated rings. The van der Waals surface area contributed by atoms with E-state index in [4.69, 9.17) is 16.3 Å². The number of rotatable bonds is 3. The van der Waals surface area contributed by atoms with Crippen LogP contribution >= 0.6 is 11.6 Å². The lowest BCUT2D eigenvalue weighted by molar-refractivity contribution is -0.124. The zero-order valence-electron chi connectivity index (χ0n) is 11.4. The van der Waals surface area contributed by atoms with Crippen LogP contribution < -0.4 is 15.5 Å². The minimum atomic E-state index is -0.417. The Kier molecular flexibility index (Phi) is 3.98. The fourth-order valence-electron chi connectivity index (χ4n) is 2.49. The van der Waals surface area contributed by atoms with Gasteiger partial charge >= 0.3 is 6.03 Å². The van der Waals surface area contributed by atoms with E-state index in [-0.39, 0.29) is 11.9 Å². The predicted octanol–water partition coefficient (Wildman–Crippen LogP) is 1.99. The topological polar surface area (TPSA) is 70.7 Å². The molecule has 21 heavy (non-hydrogen) atoms. The number of nitrogens with one attached hydrogen (secondary N) is 2. The number of nitrogens with zero attached hydrogens (tertiary/aromatic N) is 1. The molecule has 3 rings (SSSR count). The summed E-state index contributed by atoms with van der Waals surface area (Å²) in [5.41, 5.74) is 1.20. The Morgan fingerprint density at radius 2 is 2.33 bits per heavy atom. The molecule has 7 heteroatoms. The van der Waals surface area contributed by atoms with Crippen molar-refractivity contribution in [2.24, 2.45) is 0 Å². The average molecular weight is 310 g/mol. The third kappa shape index (κ3) is 2.96. The number of ether oxygens (including phenoxy) is 1. The fraction of sp³-hybridized carbons (Fsp3) is 0.429. The zero-order valence-corrected chi connectivity index (χ0v) is 12.2. The van der Waals surface area contributed by atoms with Crippen LogP contribution in [0.5, 0.6) is 0 Å². The number of anilines is 2. The van der Waals surface area contributed by atoms with Crippen molar-refractivity contribution < 1.29 is 14.3 Å². The van der Waals surface area contributed by atoms with Crippen LogP contribution in [0.1, 0.15) is 12.8 Å². The molecule has 0 aromatic heterocycles. The number of carbonyl (C=O) groups is 2. The van der Waals surface area contributed by atoms with Gasteiger partial charge in [0.1, 0.15) is 6.10 Å². The van der Waals surface area contributed by atoms with Crippen LogP contribution in [-0.2, 0) is 9.53 Å². The predicted molar refractivity (Wildman–Crippen MR) is 79.8 cm³/mol. The molecular formula is C14H16ClN3O3. The summed E-state index contributed by atoms with van der Waals surface area (Å²) in [5.74, 6) is -0.197. The Bertz CT molecular complexity index is 573. The van der Waals surface area contributed by atoms with E-state index in [0.717, 1.165) is 12.8 Å². The summed E-state index contributed by atoms with van der Waals surface area (Å²) < 4.78 is 5.34. The monoisotopic (exact) mass is 309 g/mol. The van der Waals surface area contributed by atoms with E-state index in [1.165, 1.54) is 0 Å². The summed E-state index contributed by atoms with van der Waals surface area (Å²) in [5, 5.41) is 5.95. The number of hydrogen-bond acceptors (Lipinski definition) is 3. The van der Waals surface area contributed by atoms with E-state index >= 15 is 0 Å². The molecule has 0 saturated carbocycles. The lowest BCUT2D eigenvalue weighted by Gasteiger charge is -2.17. The van der Waals surface area contributed by atoms with Crippen LogP contribution in [-0.4, -0.2) is 37.7 Å². The number of carbonyl (C=O) groups excluding carboxylic acids is 2. The summed E-state index contributed by atoms with van der Waals surface area (Å²) in [6, 6.07) is 5.00. The first-order valence-electron chi connectivity index (χ1n) is 6.92. The van der Waals surface area contributed by atoms with Gasteiger partial charge in [-0.05, 0) is 31.0 Å². The molecule has 1 aromatic rings. The largest absolute Gasteiger partial charge is 0.368 e. The normalized spacial score (nSPS) is 21.5. The summed E-state index contributed by atoms with van der Waals surface area (Å²) in [6.07, 6.45) is 1.19. The highest BCUT2D eigenvalue weighted by atomic mass is 35.5. The molecule has 0 radical (unpaired) electrons. The van der Waals surface area contributed by atoms with Crippen molar-refractivity contribution in [3.8, 4) is 0 Å². The number of urea groups is 1. The van der Waals surface area contributed by atoms with Crippen molar-refractivity contribution in [3.05, 3.63) is 23.2 Å². The van der Waals surface area contributed by atoms with Gasteiger partial charge in [-0.2, -0.15) is 0 Å². The highest BCUT2D eigenvalue weighted by molar-refractivity contribution is 6.34. The van der Waals surface area contributed by atoms with Gasteiger partial charge in [0.15, 0.2) is 0 Å². The molecule has 112 valence electrons. The first-order valence-corrected chi connectivity index (χ1v) is 7.30. The van der Waals surface area contributed by atoms with Crippen LogP contribution in [0.15, 0.2) is 18.2 Å². The molecule has 1 aromatic carbocycles. The summed E-state index contributed by atoms with van der Waals surface area (Å²) in [7, 11) is 0. The van der Waals surface area contributed by atoms with E-state index in [1.54, 1.807) is 23.1 Å². The minimum absolute atomic E-state index is 0.145. The smallest absolute Gasteiger partial charge is 0.321 e. The maximum Gasteiger partial charge on any atom is 0.321 e. The van der Waals surface area contributed by atoms with Crippen LogP contribution in [0.2, 0.25) is 5.02 Å². The van der Waals surface area contributed by atoms with E-state index in [0.29, 0.717) is 36.1 Å². The molecule has 1 atom stereocenters. The maximum absolute atomic E-state index is 12.1. The number of hydrogen-bond donors (Lipinski definition) is 2. The molecule has 0 bridgehead atoms. The third-order valence-electron chi connectivity index (χ3n) is 3.60. The quantitative estimate of drug-likeness (QED) is 0.897. The number of amides is 3. The molecule has 0 unspecified atom stereocenters. The average Bonchev–Trinajstić information content (AvgIpc) is 3.12. The van der Waals surface area contributed by atoms with E-state index in [2.05, 4.69) is 10.6 Å². The summed E-state index contributed by atoms with van der Waals surface area (Å²) in [6.45, 7) is 1.82. The van der Waals surface area contributed by atoms with Crippen LogP contribution in [0.3, 0.4) is 0 Å². The lowest BCUT2D eigenvalue weighted by Crippen LogP contribution is -2.29. The second-order valence-electron chi connectivity index (χ2n) is 5.04. The first-order chi connectivity index (χ1) is 10.1. The molecule has 0 aliphatic carbocycles. The maximum atomic E-state index is 12.1. The molecular weight excluding hydrogens is 294 g/mol. The van der Waals surface area contributed by atoms with Crippen molar-refractivity contribution >= 4 is 34.9 Å². The van der Waals surface area contributed by atoms with Gasteiger partial charge < -0.3 is 15.4 Å². The molecule has 0 spiro atoms. The van der Waals surface area contributed by atoms with Gasteiger partial charge in [0.05, 0.1) is 10.7 Å². The molecule has 2 saturated heterocycles. The second kappa shape index (κ2) is 5.91. The van der Waals surface area contributed by atoms with Crippen molar-refractivity contribution in [3.63, 3.8) is 0 Å². The number of benzene rings is 1.